The molecule has 0 fully saturated rings. The summed E-state index contributed by atoms with van der Waals surface area (Å²) < 4.78 is 0. The summed E-state index contributed by atoms with van der Waals surface area (Å²) in [6.07, 6.45) is 0. The molecule has 0 aliphatic rings. The first kappa shape index (κ1) is 15.7. The molecule has 0 amide bonds. The summed E-state index contributed by atoms with van der Waals surface area (Å²) in [4.78, 5) is 3.51. The lowest BCUT2D eigenvalue weighted by Gasteiger charge is -2.07. The van der Waals surface area contributed by atoms with E-state index in [2.05, 4.69) is 94.2 Å². The zero-order valence-corrected chi connectivity index (χ0v) is 15.1. The number of nitrogens with one attached hydrogen (secondary N) is 3. The molecule has 0 saturated heterocycles. The molecule has 5 aromatic rings. The Hall–Kier alpha value is -3.53. The van der Waals surface area contributed by atoms with Gasteiger partial charge in [-0.2, -0.15) is 5.10 Å². The van der Waals surface area contributed by atoms with Gasteiger partial charge in [0.15, 0.2) is 0 Å². The molecule has 2 aromatic heterocycles. The molecular formula is C23H20N4. The van der Waals surface area contributed by atoms with Gasteiger partial charge < -0.3 is 10.3 Å². The highest BCUT2D eigenvalue weighted by molar-refractivity contribution is 5.97. The molecule has 4 nitrogen and oxygen atoms in total. The second-order valence-electron chi connectivity index (χ2n) is 6.95. The number of fused-ring (bicyclic) bond motifs is 2. The molecule has 4 heteroatoms. The maximum atomic E-state index is 4.56. The molecule has 0 aliphatic heterocycles. The summed E-state index contributed by atoms with van der Waals surface area (Å²) in [5, 5.41) is 13.5. The van der Waals surface area contributed by atoms with Gasteiger partial charge in [-0.3, -0.25) is 5.10 Å². The van der Waals surface area contributed by atoms with Crippen LogP contribution in [-0.2, 0) is 6.54 Å². The van der Waals surface area contributed by atoms with Crippen LogP contribution in [0.2, 0.25) is 0 Å². The Morgan fingerprint density at radius 3 is 2.67 bits per heavy atom. The van der Waals surface area contributed by atoms with E-state index in [-0.39, 0.29) is 0 Å². The van der Waals surface area contributed by atoms with Crippen molar-refractivity contribution in [2.45, 2.75) is 13.5 Å². The van der Waals surface area contributed by atoms with Gasteiger partial charge in [-0.15, -0.1) is 0 Å². The van der Waals surface area contributed by atoms with E-state index >= 15 is 0 Å². The number of anilines is 1. The molecule has 132 valence electrons. The number of benzene rings is 3. The fraction of sp³-hybridized carbons (Fsp3) is 0.0870. The Morgan fingerprint density at radius 2 is 1.78 bits per heavy atom. The smallest absolute Gasteiger partial charge is 0.116 e. The molecule has 0 bridgehead atoms. The van der Waals surface area contributed by atoms with Crippen molar-refractivity contribution in [3.05, 3.63) is 83.9 Å². The van der Waals surface area contributed by atoms with Crippen molar-refractivity contribution >= 4 is 27.5 Å². The van der Waals surface area contributed by atoms with Crippen LogP contribution in [-0.4, -0.2) is 15.2 Å². The highest BCUT2D eigenvalue weighted by Crippen LogP contribution is 2.30. The zero-order valence-electron chi connectivity index (χ0n) is 15.1. The molecule has 0 saturated carbocycles. The minimum absolute atomic E-state index is 0.797. The number of aromatic amines is 2. The van der Waals surface area contributed by atoms with Crippen molar-refractivity contribution in [1.82, 2.24) is 15.2 Å². The van der Waals surface area contributed by atoms with E-state index in [1.54, 1.807) is 0 Å². The van der Waals surface area contributed by atoms with Crippen molar-refractivity contribution in [1.29, 1.82) is 0 Å². The van der Waals surface area contributed by atoms with Gasteiger partial charge in [0.1, 0.15) is 5.69 Å². The average molecular weight is 352 g/mol. The summed E-state index contributed by atoms with van der Waals surface area (Å²) in [6.45, 7) is 2.90. The lowest BCUT2D eigenvalue weighted by molar-refractivity contribution is 1.12. The molecule has 2 heterocycles. The Bertz CT molecular complexity index is 1230. The molecule has 27 heavy (non-hydrogen) atoms. The summed E-state index contributed by atoms with van der Waals surface area (Å²) >= 11 is 0. The van der Waals surface area contributed by atoms with Crippen LogP contribution in [0.5, 0.6) is 0 Å². The van der Waals surface area contributed by atoms with Gasteiger partial charge in [0.2, 0.25) is 0 Å². The van der Waals surface area contributed by atoms with Gasteiger partial charge in [-0.25, -0.2) is 0 Å². The van der Waals surface area contributed by atoms with Crippen LogP contribution >= 0.6 is 0 Å². The minimum atomic E-state index is 0.797. The summed E-state index contributed by atoms with van der Waals surface area (Å²) in [6, 6.07) is 25.3. The first-order chi connectivity index (χ1) is 13.3. The lowest BCUT2D eigenvalue weighted by atomic mass is 10.1. The molecule has 3 N–H and O–H groups in total. The van der Waals surface area contributed by atoms with E-state index in [9.17, 15) is 0 Å². The zero-order chi connectivity index (χ0) is 18.2. The van der Waals surface area contributed by atoms with Gasteiger partial charge in [0, 0.05) is 28.5 Å². The van der Waals surface area contributed by atoms with Gasteiger partial charge >= 0.3 is 0 Å². The van der Waals surface area contributed by atoms with Gasteiger partial charge in [-0.05, 0) is 48.4 Å². The van der Waals surface area contributed by atoms with Crippen molar-refractivity contribution in [2.75, 3.05) is 5.32 Å². The third-order valence-electron chi connectivity index (χ3n) is 4.94. The Kier molecular flexibility index (Phi) is 3.68. The normalized spacial score (nSPS) is 11.3. The van der Waals surface area contributed by atoms with Crippen LogP contribution in [0.1, 0.15) is 11.1 Å². The average Bonchev–Trinajstić information content (AvgIpc) is 3.30. The highest BCUT2D eigenvalue weighted by Gasteiger charge is 2.11. The molecule has 0 unspecified atom stereocenters. The maximum absolute atomic E-state index is 4.56. The molecule has 5 rings (SSSR count). The quantitative estimate of drug-likeness (QED) is 0.392. The van der Waals surface area contributed by atoms with Crippen LogP contribution < -0.4 is 5.32 Å². The Labute approximate surface area is 157 Å². The van der Waals surface area contributed by atoms with Gasteiger partial charge in [-0.1, -0.05) is 42.5 Å². The van der Waals surface area contributed by atoms with Crippen molar-refractivity contribution in [3.63, 3.8) is 0 Å². The number of hydrogen-bond acceptors (Lipinski definition) is 2. The fourth-order valence-corrected chi connectivity index (χ4v) is 3.50. The SMILES string of the molecule is Cc1ccc2cc(-c3n[nH]c4ccc(NCc5ccccc5)cc34)[nH]c2c1. The van der Waals surface area contributed by atoms with Crippen LogP contribution in [0.3, 0.4) is 0 Å². The minimum Gasteiger partial charge on any atom is -0.381 e. The lowest BCUT2D eigenvalue weighted by Crippen LogP contribution is -1.98. The monoisotopic (exact) mass is 352 g/mol. The number of nitrogens with zero attached hydrogens (tertiary/aromatic N) is 1. The number of hydrogen-bond donors (Lipinski definition) is 3. The van der Waals surface area contributed by atoms with E-state index in [1.807, 2.05) is 6.07 Å². The second kappa shape index (κ2) is 6.32. The molecule has 0 radical (unpaired) electrons. The predicted octanol–water partition coefficient (Wildman–Crippen LogP) is 5.63. The van der Waals surface area contributed by atoms with Crippen LogP contribution in [0.4, 0.5) is 5.69 Å². The number of rotatable bonds is 4. The fourth-order valence-electron chi connectivity index (χ4n) is 3.50. The van der Waals surface area contributed by atoms with E-state index < -0.39 is 0 Å². The van der Waals surface area contributed by atoms with Crippen LogP contribution in [0.15, 0.2) is 72.8 Å². The van der Waals surface area contributed by atoms with Gasteiger partial charge in [0.05, 0.1) is 11.2 Å². The number of aryl methyl sites for hydroxylation is 1. The third kappa shape index (κ3) is 2.95. The summed E-state index contributed by atoms with van der Waals surface area (Å²) in [7, 11) is 0. The van der Waals surface area contributed by atoms with E-state index in [1.165, 1.54) is 16.5 Å². The predicted molar refractivity (Wildman–Crippen MR) is 112 cm³/mol. The second-order valence-corrected chi connectivity index (χ2v) is 6.95. The molecule has 3 aromatic carbocycles. The largest absolute Gasteiger partial charge is 0.381 e. The molecule has 0 atom stereocenters. The van der Waals surface area contributed by atoms with E-state index in [0.717, 1.165) is 40.0 Å². The van der Waals surface area contributed by atoms with E-state index in [0.29, 0.717) is 0 Å². The van der Waals surface area contributed by atoms with Crippen molar-refractivity contribution in [3.8, 4) is 11.4 Å². The maximum Gasteiger partial charge on any atom is 0.116 e. The third-order valence-corrected chi connectivity index (χ3v) is 4.94. The number of H-pyrrole nitrogens is 2. The first-order valence-corrected chi connectivity index (χ1v) is 9.12. The summed E-state index contributed by atoms with van der Waals surface area (Å²) in [5.41, 5.74) is 7.74. The molecule has 0 spiro atoms. The standard InChI is InChI=1S/C23H20N4/c1-15-7-8-17-12-22(25-21(17)11-15)23-19-13-18(9-10-20(19)26-27-23)24-14-16-5-3-2-4-6-16/h2-13,24-25H,14H2,1H3,(H,26,27). The Morgan fingerprint density at radius 1 is 0.889 bits per heavy atom. The van der Waals surface area contributed by atoms with Crippen LogP contribution in [0, 0.1) is 6.92 Å². The molecule has 0 aliphatic carbocycles. The van der Waals surface area contributed by atoms with Crippen LogP contribution in [0.25, 0.3) is 33.2 Å². The highest BCUT2D eigenvalue weighted by atomic mass is 15.1. The Balaban J connectivity index is 1.50. The van der Waals surface area contributed by atoms with Gasteiger partial charge in [0.25, 0.3) is 0 Å². The molecular weight excluding hydrogens is 332 g/mol. The topological polar surface area (TPSA) is 56.5 Å². The van der Waals surface area contributed by atoms with Crippen molar-refractivity contribution in [2.24, 2.45) is 0 Å². The van der Waals surface area contributed by atoms with E-state index in [4.69, 9.17) is 0 Å². The van der Waals surface area contributed by atoms with Crippen molar-refractivity contribution < 1.29 is 0 Å². The first-order valence-electron chi connectivity index (χ1n) is 9.12. The number of aromatic nitrogens is 3. The summed E-state index contributed by atoms with van der Waals surface area (Å²) in [5.74, 6) is 0.